The lowest BCUT2D eigenvalue weighted by Gasteiger charge is -2.20. The lowest BCUT2D eigenvalue weighted by Crippen LogP contribution is -2.35. The van der Waals surface area contributed by atoms with E-state index in [2.05, 4.69) is 13.8 Å². The fourth-order valence-electron chi connectivity index (χ4n) is 1.04. The van der Waals surface area contributed by atoms with Crippen LogP contribution in [0.15, 0.2) is 0 Å². The molecule has 0 spiro atoms. The Morgan fingerprint density at radius 3 is 2.15 bits per heavy atom. The van der Waals surface area contributed by atoms with Gasteiger partial charge < -0.3 is 9.84 Å². The average molecular weight is 188 g/mol. The molecule has 0 aromatic carbocycles. The molecule has 3 nitrogen and oxygen atoms in total. The van der Waals surface area contributed by atoms with Gasteiger partial charge in [0.05, 0.1) is 6.10 Å². The van der Waals surface area contributed by atoms with Crippen molar-refractivity contribution >= 4 is 5.97 Å². The summed E-state index contributed by atoms with van der Waals surface area (Å²) >= 11 is 0. The smallest absolute Gasteiger partial charge is 0.337 e. The van der Waals surface area contributed by atoms with E-state index in [0.717, 1.165) is 6.42 Å². The van der Waals surface area contributed by atoms with Gasteiger partial charge in [-0.2, -0.15) is 0 Å². The number of hydrogen-bond acceptors (Lipinski definition) is 3. The molecule has 0 saturated heterocycles. The molecule has 3 heteroatoms. The van der Waals surface area contributed by atoms with Crippen LogP contribution in [0.25, 0.3) is 0 Å². The first kappa shape index (κ1) is 12.4. The molecule has 0 heterocycles. The van der Waals surface area contributed by atoms with Crippen LogP contribution in [0.5, 0.6) is 0 Å². The van der Waals surface area contributed by atoms with E-state index >= 15 is 0 Å². The summed E-state index contributed by atoms with van der Waals surface area (Å²) in [5.74, 6) is -0.0646. The van der Waals surface area contributed by atoms with Crippen molar-refractivity contribution in [2.24, 2.45) is 5.92 Å². The van der Waals surface area contributed by atoms with Gasteiger partial charge in [0.2, 0.25) is 0 Å². The van der Waals surface area contributed by atoms with Crippen molar-refractivity contribution < 1.29 is 14.6 Å². The molecule has 0 aromatic heterocycles. The SMILES string of the molecule is CC(C)CC(C)OC(=O)C(C)(C)O. The molecule has 0 aliphatic carbocycles. The number of esters is 1. The van der Waals surface area contributed by atoms with E-state index in [4.69, 9.17) is 4.74 Å². The largest absolute Gasteiger partial charge is 0.461 e. The standard InChI is InChI=1S/C10H20O3/c1-7(2)6-8(3)13-9(11)10(4,5)12/h7-8,12H,6H2,1-5H3. The Kier molecular flexibility index (Phi) is 4.40. The second-order valence-corrected chi connectivity index (χ2v) is 4.40. The zero-order valence-corrected chi connectivity index (χ0v) is 9.13. The van der Waals surface area contributed by atoms with Crippen LogP contribution in [0.3, 0.4) is 0 Å². The molecular weight excluding hydrogens is 168 g/mol. The maximum atomic E-state index is 11.2. The molecule has 0 fully saturated rings. The third-order valence-electron chi connectivity index (χ3n) is 1.61. The molecule has 0 rings (SSSR count). The van der Waals surface area contributed by atoms with Gasteiger partial charge in [-0.1, -0.05) is 13.8 Å². The van der Waals surface area contributed by atoms with Crippen LogP contribution in [0, 0.1) is 5.92 Å². The van der Waals surface area contributed by atoms with Crippen LogP contribution >= 0.6 is 0 Å². The van der Waals surface area contributed by atoms with E-state index in [1.165, 1.54) is 13.8 Å². The van der Waals surface area contributed by atoms with Gasteiger partial charge in [0, 0.05) is 0 Å². The molecule has 78 valence electrons. The molecular formula is C10H20O3. The Morgan fingerprint density at radius 2 is 1.85 bits per heavy atom. The van der Waals surface area contributed by atoms with Gasteiger partial charge in [0.15, 0.2) is 5.60 Å². The Morgan fingerprint density at radius 1 is 1.38 bits per heavy atom. The van der Waals surface area contributed by atoms with Crippen LogP contribution < -0.4 is 0 Å². The zero-order chi connectivity index (χ0) is 10.6. The summed E-state index contributed by atoms with van der Waals surface area (Å²) in [5.41, 5.74) is -1.38. The van der Waals surface area contributed by atoms with Gasteiger partial charge in [-0.25, -0.2) is 4.79 Å². The van der Waals surface area contributed by atoms with Crippen LogP contribution in [-0.4, -0.2) is 22.8 Å². The lowest BCUT2D eigenvalue weighted by molar-refractivity contribution is -0.167. The first-order valence-corrected chi connectivity index (χ1v) is 4.67. The van der Waals surface area contributed by atoms with E-state index in [-0.39, 0.29) is 6.10 Å². The summed E-state index contributed by atoms with van der Waals surface area (Å²) in [4.78, 5) is 11.2. The lowest BCUT2D eigenvalue weighted by atomic mass is 10.1. The number of aliphatic hydroxyl groups is 1. The Labute approximate surface area is 80.1 Å². The molecule has 1 N–H and O–H groups in total. The second kappa shape index (κ2) is 4.61. The summed E-state index contributed by atoms with van der Waals surface area (Å²) in [5, 5.41) is 9.29. The minimum absolute atomic E-state index is 0.126. The van der Waals surface area contributed by atoms with Crippen molar-refractivity contribution in [3.63, 3.8) is 0 Å². The molecule has 0 aliphatic rings. The van der Waals surface area contributed by atoms with Crippen LogP contribution in [-0.2, 0) is 9.53 Å². The highest BCUT2D eigenvalue weighted by Gasteiger charge is 2.27. The van der Waals surface area contributed by atoms with Gasteiger partial charge in [0.1, 0.15) is 0 Å². The van der Waals surface area contributed by atoms with Gasteiger partial charge in [0.25, 0.3) is 0 Å². The number of carbonyl (C=O) groups is 1. The highest BCUT2D eigenvalue weighted by Crippen LogP contribution is 2.11. The van der Waals surface area contributed by atoms with Crippen LogP contribution in [0.4, 0.5) is 0 Å². The number of hydrogen-bond donors (Lipinski definition) is 1. The Bertz CT molecular complexity index is 167. The topological polar surface area (TPSA) is 46.5 Å². The highest BCUT2D eigenvalue weighted by molar-refractivity contribution is 5.78. The molecule has 0 bridgehead atoms. The zero-order valence-electron chi connectivity index (χ0n) is 9.13. The maximum Gasteiger partial charge on any atom is 0.337 e. The van der Waals surface area contributed by atoms with E-state index in [0.29, 0.717) is 5.92 Å². The molecule has 0 radical (unpaired) electrons. The predicted molar refractivity (Wildman–Crippen MR) is 51.3 cm³/mol. The van der Waals surface area contributed by atoms with Gasteiger partial charge in [-0.05, 0) is 33.1 Å². The summed E-state index contributed by atoms with van der Waals surface area (Å²) < 4.78 is 5.04. The summed E-state index contributed by atoms with van der Waals surface area (Å²) in [7, 11) is 0. The molecule has 1 unspecified atom stereocenters. The third kappa shape index (κ3) is 5.64. The highest BCUT2D eigenvalue weighted by atomic mass is 16.6. The normalized spacial score (nSPS) is 14.4. The first-order chi connectivity index (χ1) is 5.73. The molecule has 0 aromatic rings. The Hall–Kier alpha value is -0.570. The predicted octanol–water partition coefficient (Wildman–Crippen LogP) is 1.74. The fourth-order valence-corrected chi connectivity index (χ4v) is 1.04. The van der Waals surface area contributed by atoms with Crippen molar-refractivity contribution in [1.29, 1.82) is 0 Å². The minimum atomic E-state index is -1.38. The molecule has 1 atom stereocenters. The fraction of sp³-hybridized carbons (Fsp3) is 0.900. The third-order valence-corrected chi connectivity index (χ3v) is 1.61. The Balaban J connectivity index is 3.93. The van der Waals surface area contributed by atoms with Gasteiger partial charge in [-0.15, -0.1) is 0 Å². The molecule has 0 saturated carbocycles. The summed E-state index contributed by atoms with van der Waals surface area (Å²) in [6.45, 7) is 8.82. The van der Waals surface area contributed by atoms with E-state index < -0.39 is 11.6 Å². The van der Waals surface area contributed by atoms with Gasteiger partial charge >= 0.3 is 5.97 Å². The van der Waals surface area contributed by atoms with Crippen LogP contribution in [0.2, 0.25) is 0 Å². The molecule has 0 amide bonds. The minimum Gasteiger partial charge on any atom is -0.461 e. The summed E-state index contributed by atoms with van der Waals surface area (Å²) in [6, 6.07) is 0. The van der Waals surface area contributed by atoms with Crippen molar-refractivity contribution in [2.75, 3.05) is 0 Å². The number of rotatable bonds is 4. The molecule has 0 aliphatic heterocycles. The van der Waals surface area contributed by atoms with E-state index in [1.54, 1.807) is 0 Å². The van der Waals surface area contributed by atoms with Crippen molar-refractivity contribution in [1.82, 2.24) is 0 Å². The van der Waals surface area contributed by atoms with Crippen molar-refractivity contribution in [3.05, 3.63) is 0 Å². The molecule has 13 heavy (non-hydrogen) atoms. The van der Waals surface area contributed by atoms with E-state index in [9.17, 15) is 9.90 Å². The van der Waals surface area contributed by atoms with Crippen molar-refractivity contribution in [2.45, 2.75) is 52.7 Å². The maximum absolute atomic E-state index is 11.2. The summed E-state index contributed by atoms with van der Waals surface area (Å²) in [6.07, 6.45) is 0.695. The second-order valence-electron chi connectivity index (χ2n) is 4.40. The quantitative estimate of drug-likeness (QED) is 0.683. The monoisotopic (exact) mass is 188 g/mol. The van der Waals surface area contributed by atoms with Crippen molar-refractivity contribution in [3.8, 4) is 0 Å². The first-order valence-electron chi connectivity index (χ1n) is 4.67. The number of carbonyl (C=O) groups excluding carboxylic acids is 1. The van der Waals surface area contributed by atoms with Gasteiger partial charge in [-0.3, -0.25) is 0 Å². The van der Waals surface area contributed by atoms with E-state index in [1.807, 2.05) is 6.92 Å². The number of ether oxygens (including phenoxy) is 1. The average Bonchev–Trinajstić information content (AvgIpc) is 1.82. The van der Waals surface area contributed by atoms with Crippen LogP contribution in [0.1, 0.15) is 41.0 Å².